The summed E-state index contributed by atoms with van der Waals surface area (Å²) in [6.45, 7) is 0. The highest BCUT2D eigenvalue weighted by Gasteiger charge is 2.18. The first-order valence-electron chi connectivity index (χ1n) is 18.3. The minimum absolute atomic E-state index is 0.642. The number of fused-ring (bicyclic) bond motifs is 3. The van der Waals surface area contributed by atoms with Crippen LogP contribution in [0.5, 0.6) is 0 Å². The average Bonchev–Trinajstić information content (AvgIpc) is 3.26. The summed E-state index contributed by atoms with van der Waals surface area (Å²) in [6.07, 6.45) is 0. The monoisotopic (exact) mass is 687 g/mol. The van der Waals surface area contributed by atoms with Gasteiger partial charge in [-0.3, -0.25) is 0 Å². The molecule has 0 unspecified atom stereocenters. The Hall–Kier alpha value is -7.23. The van der Waals surface area contributed by atoms with Crippen LogP contribution in [0.15, 0.2) is 200 Å². The molecule has 0 N–H and O–H groups in total. The van der Waals surface area contributed by atoms with Gasteiger partial charge in [-0.25, -0.2) is 15.0 Å². The van der Waals surface area contributed by atoms with Crippen LogP contribution in [0.25, 0.3) is 99.9 Å². The molecule has 0 saturated heterocycles. The maximum absolute atomic E-state index is 5.21. The molecule has 0 aliphatic heterocycles. The molecule has 0 aliphatic rings. The third-order valence-electron chi connectivity index (χ3n) is 10.3. The molecule has 10 aromatic rings. The van der Waals surface area contributed by atoms with Crippen LogP contribution in [-0.4, -0.2) is 15.0 Å². The predicted molar refractivity (Wildman–Crippen MR) is 225 cm³/mol. The zero-order valence-electron chi connectivity index (χ0n) is 29.4. The van der Waals surface area contributed by atoms with E-state index in [2.05, 4.69) is 170 Å². The van der Waals surface area contributed by atoms with Gasteiger partial charge in [0.15, 0.2) is 17.5 Å². The zero-order chi connectivity index (χ0) is 35.8. The summed E-state index contributed by atoms with van der Waals surface area (Å²) in [5, 5.41) is 7.18. The highest BCUT2D eigenvalue weighted by Crippen LogP contribution is 2.39. The highest BCUT2D eigenvalue weighted by molar-refractivity contribution is 6.06. The lowest BCUT2D eigenvalue weighted by molar-refractivity contribution is 1.08. The third-order valence-corrected chi connectivity index (χ3v) is 10.3. The van der Waals surface area contributed by atoms with Crippen molar-refractivity contribution in [1.29, 1.82) is 0 Å². The fourth-order valence-electron chi connectivity index (χ4n) is 7.68. The molecule has 3 heteroatoms. The molecule has 54 heavy (non-hydrogen) atoms. The van der Waals surface area contributed by atoms with Crippen molar-refractivity contribution in [3.63, 3.8) is 0 Å². The van der Waals surface area contributed by atoms with E-state index >= 15 is 0 Å². The van der Waals surface area contributed by atoms with Gasteiger partial charge in [0.05, 0.1) is 0 Å². The summed E-state index contributed by atoms with van der Waals surface area (Å²) in [7, 11) is 0. The van der Waals surface area contributed by atoms with E-state index in [9.17, 15) is 0 Å². The van der Waals surface area contributed by atoms with Crippen LogP contribution in [0, 0.1) is 0 Å². The van der Waals surface area contributed by atoms with Crippen molar-refractivity contribution in [3.8, 4) is 67.5 Å². The van der Waals surface area contributed by atoms with E-state index in [0.29, 0.717) is 17.5 Å². The average molecular weight is 688 g/mol. The van der Waals surface area contributed by atoms with E-state index in [1.54, 1.807) is 0 Å². The Morgan fingerprint density at radius 1 is 0.222 bits per heavy atom. The van der Waals surface area contributed by atoms with Crippen LogP contribution in [-0.2, 0) is 0 Å². The van der Waals surface area contributed by atoms with Crippen LogP contribution >= 0.6 is 0 Å². The van der Waals surface area contributed by atoms with Crippen LogP contribution in [0.3, 0.4) is 0 Å². The largest absolute Gasteiger partial charge is 0.208 e. The van der Waals surface area contributed by atoms with Crippen molar-refractivity contribution >= 4 is 32.3 Å². The van der Waals surface area contributed by atoms with Gasteiger partial charge in [-0.15, -0.1) is 0 Å². The number of aromatic nitrogens is 3. The Bertz CT molecular complexity index is 2980. The van der Waals surface area contributed by atoms with Gasteiger partial charge in [0.2, 0.25) is 0 Å². The minimum Gasteiger partial charge on any atom is -0.208 e. The maximum atomic E-state index is 5.21. The second-order valence-corrected chi connectivity index (χ2v) is 13.6. The molecule has 0 spiro atoms. The third kappa shape index (κ3) is 5.69. The van der Waals surface area contributed by atoms with Crippen LogP contribution in [0.2, 0.25) is 0 Å². The van der Waals surface area contributed by atoms with Crippen molar-refractivity contribution in [2.75, 3.05) is 0 Å². The normalized spacial score (nSPS) is 11.3. The summed E-state index contributed by atoms with van der Waals surface area (Å²) in [5.41, 5.74) is 9.88. The lowest BCUT2D eigenvalue weighted by Gasteiger charge is -2.15. The molecule has 0 fully saturated rings. The molecular formula is C51H33N3. The molecule has 0 amide bonds. The first-order valence-corrected chi connectivity index (χ1v) is 18.3. The highest BCUT2D eigenvalue weighted by atomic mass is 15.0. The summed E-state index contributed by atoms with van der Waals surface area (Å²) < 4.78 is 0. The SMILES string of the molecule is c1ccc(-c2nc(-c3ccccc3-c3ccccc3)nc(-c3ccc(-c4ccc5cc(-c6cccc7ccccc67)ccc5c4)c4ccccc34)n2)cc1. The van der Waals surface area contributed by atoms with Crippen molar-refractivity contribution < 1.29 is 0 Å². The van der Waals surface area contributed by atoms with Gasteiger partial charge in [0.1, 0.15) is 0 Å². The number of nitrogens with zero attached hydrogens (tertiary/aromatic N) is 3. The lowest BCUT2D eigenvalue weighted by Crippen LogP contribution is -2.01. The van der Waals surface area contributed by atoms with E-state index < -0.39 is 0 Å². The summed E-state index contributed by atoms with van der Waals surface area (Å²) in [5.74, 6) is 1.93. The Kier molecular flexibility index (Phi) is 7.81. The van der Waals surface area contributed by atoms with E-state index in [0.717, 1.165) is 38.6 Å². The molecule has 0 aliphatic carbocycles. The summed E-state index contributed by atoms with van der Waals surface area (Å²) >= 11 is 0. The zero-order valence-corrected chi connectivity index (χ0v) is 29.4. The number of hydrogen-bond donors (Lipinski definition) is 0. The van der Waals surface area contributed by atoms with Gasteiger partial charge in [0, 0.05) is 16.7 Å². The van der Waals surface area contributed by atoms with Crippen LogP contribution in [0.4, 0.5) is 0 Å². The molecule has 1 aromatic heterocycles. The minimum atomic E-state index is 0.642. The van der Waals surface area contributed by atoms with Gasteiger partial charge in [0.25, 0.3) is 0 Å². The van der Waals surface area contributed by atoms with E-state index in [1.807, 2.05) is 30.3 Å². The molecular weight excluding hydrogens is 655 g/mol. The smallest absolute Gasteiger partial charge is 0.164 e. The van der Waals surface area contributed by atoms with Gasteiger partial charge in [-0.2, -0.15) is 0 Å². The quantitative estimate of drug-likeness (QED) is 0.175. The first kappa shape index (κ1) is 31.5. The van der Waals surface area contributed by atoms with Crippen molar-refractivity contribution in [2.24, 2.45) is 0 Å². The Labute approximate surface area is 313 Å². The van der Waals surface area contributed by atoms with Crippen LogP contribution < -0.4 is 0 Å². The molecule has 1 heterocycles. The molecule has 252 valence electrons. The number of hydrogen-bond acceptors (Lipinski definition) is 3. The second kappa shape index (κ2) is 13.4. The van der Waals surface area contributed by atoms with Crippen molar-refractivity contribution in [3.05, 3.63) is 200 Å². The molecule has 0 atom stereocenters. The Morgan fingerprint density at radius 2 is 0.685 bits per heavy atom. The standard InChI is InChI=1S/C51H33N3/c1-3-14-34(15-4-1)42-21-9-12-24-47(42)50-52-49(36-17-5-2-6-18-36)53-51(54-50)48-31-30-44(45-22-10-11-23-46(45)48)40-29-27-37-32-39(28-26-38(37)33-40)43-25-13-19-35-16-7-8-20-41(35)43/h1-33H. The molecule has 0 radical (unpaired) electrons. The molecule has 0 saturated carbocycles. The molecule has 3 nitrogen and oxygen atoms in total. The van der Waals surface area contributed by atoms with Crippen molar-refractivity contribution in [1.82, 2.24) is 15.0 Å². The maximum Gasteiger partial charge on any atom is 0.164 e. The molecule has 10 rings (SSSR count). The predicted octanol–water partition coefficient (Wildman–Crippen LogP) is 13.3. The lowest BCUT2D eigenvalue weighted by atomic mass is 9.92. The molecule has 0 bridgehead atoms. The van der Waals surface area contributed by atoms with Crippen molar-refractivity contribution in [2.45, 2.75) is 0 Å². The van der Waals surface area contributed by atoms with Crippen LogP contribution in [0.1, 0.15) is 0 Å². The second-order valence-electron chi connectivity index (χ2n) is 13.6. The Balaban J connectivity index is 1.10. The van der Waals surface area contributed by atoms with Gasteiger partial charge < -0.3 is 0 Å². The number of benzene rings is 9. The van der Waals surface area contributed by atoms with E-state index in [4.69, 9.17) is 15.0 Å². The molecule has 9 aromatic carbocycles. The fraction of sp³-hybridized carbons (Fsp3) is 0. The van der Waals surface area contributed by atoms with Gasteiger partial charge in [-0.05, 0) is 83.9 Å². The van der Waals surface area contributed by atoms with E-state index in [1.165, 1.54) is 43.8 Å². The summed E-state index contributed by atoms with van der Waals surface area (Å²) in [6, 6.07) is 70.6. The number of rotatable bonds is 6. The topological polar surface area (TPSA) is 38.7 Å². The summed E-state index contributed by atoms with van der Waals surface area (Å²) in [4.78, 5) is 15.4. The Morgan fingerprint density at radius 3 is 1.39 bits per heavy atom. The first-order chi connectivity index (χ1) is 26.8. The van der Waals surface area contributed by atoms with Gasteiger partial charge in [-0.1, -0.05) is 182 Å². The van der Waals surface area contributed by atoms with Gasteiger partial charge >= 0.3 is 0 Å². The fourth-order valence-corrected chi connectivity index (χ4v) is 7.68. The van der Waals surface area contributed by atoms with E-state index in [-0.39, 0.29) is 0 Å².